The van der Waals surface area contributed by atoms with E-state index in [1.165, 1.54) is 0 Å². The largest absolute Gasteiger partial charge is 0.350 e. The number of carbonyl (C=O) groups is 1. The molecule has 1 amide bonds. The number of rotatable bonds is 7. The third kappa shape index (κ3) is 3.53. The van der Waals surface area contributed by atoms with Gasteiger partial charge in [-0.15, -0.1) is 0 Å². The number of nitrogens with one attached hydrogen (secondary N) is 1. The van der Waals surface area contributed by atoms with Crippen LogP contribution in [0.2, 0.25) is 0 Å². The molecule has 0 radical (unpaired) electrons. The fraction of sp³-hybridized carbons (Fsp3) is 0.278. The molecule has 0 saturated heterocycles. The van der Waals surface area contributed by atoms with Crippen LogP contribution in [0.1, 0.15) is 31.4 Å². The van der Waals surface area contributed by atoms with Crippen molar-refractivity contribution in [3.05, 3.63) is 67.1 Å². The van der Waals surface area contributed by atoms with E-state index in [-0.39, 0.29) is 11.9 Å². The minimum Gasteiger partial charge on any atom is -0.350 e. The summed E-state index contributed by atoms with van der Waals surface area (Å²) in [6.45, 7) is 2.52. The summed E-state index contributed by atoms with van der Waals surface area (Å²) >= 11 is 0. The molecule has 24 heavy (non-hydrogen) atoms. The molecule has 3 aromatic heterocycles. The maximum Gasteiger partial charge on any atom is 0.243 e. The zero-order chi connectivity index (χ0) is 16.8. The molecule has 1 N–H and O–H groups in total. The summed E-state index contributed by atoms with van der Waals surface area (Å²) in [6, 6.07) is 7.53. The van der Waals surface area contributed by atoms with Crippen LogP contribution in [-0.2, 0) is 11.3 Å². The van der Waals surface area contributed by atoms with Crippen LogP contribution >= 0.6 is 0 Å². The molecule has 0 spiro atoms. The molecule has 0 bridgehead atoms. The number of aromatic nitrogens is 4. The van der Waals surface area contributed by atoms with E-state index < -0.39 is 0 Å². The predicted octanol–water partition coefficient (Wildman–Crippen LogP) is 2.73. The number of carbonyl (C=O) groups excluding carboxylic acids is 1. The molecule has 0 saturated carbocycles. The Bertz CT molecular complexity index is 765. The second-order valence-corrected chi connectivity index (χ2v) is 5.61. The molecule has 124 valence electrons. The van der Waals surface area contributed by atoms with E-state index in [2.05, 4.69) is 22.2 Å². The molecule has 6 heteroatoms. The van der Waals surface area contributed by atoms with Crippen LogP contribution in [0.25, 0.3) is 5.82 Å². The summed E-state index contributed by atoms with van der Waals surface area (Å²) in [6.07, 6.45) is 12.6. The molecule has 0 fully saturated rings. The Labute approximate surface area is 141 Å². The van der Waals surface area contributed by atoms with Gasteiger partial charge in [0.2, 0.25) is 5.91 Å². The van der Waals surface area contributed by atoms with Crippen molar-refractivity contribution in [2.24, 2.45) is 0 Å². The highest BCUT2D eigenvalue weighted by atomic mass is 16.2. The van der Waals surface area contributed by atoms with Crippen LogP contribution in [0.3, 0.4) is 0 Å². The van der Waals surface area contributed by atoms with Crippen molar-refractivity contribution in [3.8, 4) is 5.82 Å². The smallest absolute Gasteiger partial charge is 0.243 e. The summed E-state index contributed by atoms with van der Waals surface area (Å²) in [5.41, 5.74) is 0.951. The van der Waals surface area contributed by atoms with Crippen LogP contribution in [-0.4, -0.2) is 25.0 Å². The van der Waals surface area contributed by atoms with Crippen LogP contribution in [0.4, 0.5) is 0 Å². The summed E-state index contributed by atoms with van der Waals surface area (Å²) in [5, 5.41) is 3.04. The molecule has 6 nitrogen and oxygen atoms in total. The topological polar surface area (TPSA) is 64.7 Å². The number of hydrogen-bond acceptors (Lipinski definition) is 3. The normalized spacial score (nSPS) is 12.0. The van der Waals surface area contributed by atoms with Crippen molar-refractivity contribution in [1.29, 1.82) is 0 Å². The first-order valence-electron chi connectivity index (χ1n) is 8.12. The maximum absolute atomic E-state index is 12.6. The number of pyridine rings is 1. The lowest BCUT2D eigenvalue weighted by Crippen LogP contribution is -2.32. The van der Waals surface area contributed by atoms with Gasteiger partial charge < -0.3 is 9.88 Å². The maximum atomic E-state index is 12.6. The van der Waals surface area contributed by atoms with Crippen molar-refractivity contribution in [1.82, 2.24) is 24.4 Å². The minimum atomic E-state index is -0.182. The first kappa shape index (κ1) is 16.0. The van der Waals surface area contributed by atoms with Gasteiger partial charge in [-0.1, -0.05) is 19.4 Å². The van der Waals surface area contributed by atoms with Crippen molar-refractivity contribution < 1.29 is 4.79 Å². The monoisotopic (exact) mass is 323 g/mol. The number of hydrogen-bond donors (Lipinski definition) is 1. The fourth-order valence-corrected chi connectivity index (χ4v) is 2.73. The van der Waals surface area contributed by atoms with E-state index in [9.17, 15) is 4.79 Å². The van der Waals surface area contributed by atoms with Gasteiger partial charge in [-0.05, 0) is 24.6 Å². The quantitative estimate of drug-likeness (QED) is 0.727. The average molecular weight is 323 g/mol. The van der Waals surface area contributed by atoms with Gasteiger partial charge in [-0.2, -0.15) is 0 Å². The first-order chi connectivity index (χ1) is 11.8. The summed E-state index contributed by atoms with van der Waals surface area (Å²) < 4.78 is 3.80. The SMILES string of the molecule is CCC[C@H](C(=O)NCc1cccnc1-n1ccnc1)n1cccc1. The van der Waals surface area contributed by atoms with E-state index >= 15 is 0 Å². The second-order valence-electron chi connectivity index (χ2n) is 5.61. The highest BCUT2D eigenvalue weighted by Gasteiger charge is 2.18. The van der Waals surface area contributed by atoms with Gasteiger partial charge in [0, 0.05) is 43.1 Å². The van der Waals surface area contributed by atoms with Gasteiger partial charge in [0.1, 0.15) is 18.2 Å². The first-order valence-corrected chi connectivity index (χ1v) is 8.12. The van der Waals surface area contributed by atoms with Crippen LogP contribution < -0.4 is 5.32 Å². The Morgan fingerprint density at radius 1 is 1.21 bits per heavy atom. The molecule has 0 unspecified atom stereocenters. The van der Waals surface area contributed by atoms with Crippen molar-refractivity contribution in [3.63, 3.8) is 0 Å². The lowest BCUT2D eigenvalue weighted by molar-refractivity contribution is -0.124. The molecule has 3 rings (SSSR count). The van der Waals surface area contributed by atoms with Gasteiger partial charge in [0.05, 0.1) is 0 Å². The van der Waals surface area contributed by atoms with E-state index in [1.807, 2.05) is 52.0 Å². The van der Waals surface area contributed by atoms with Crippen LogP contribution in [0, 0.1) is 0 Å². The van der Waals surface area contributed by atoms with E-state index in [4.69, 9.17) is 0 Å². The molecule has 3 aromatic rings. The van der Waals surface area contributed by atoms with Gasteiger partial charge in [0.15, 0.2) is 0 Å². The molecular weight excluding hydrogens is 302 g/mol. The third-order valence-electron chi connectivity index (χ3n) is 3.92. The molecule has 1 atom stereocenters. The van der Waals surface area contributed by atoms with Crippen molar-refractivity contribution in [2.75, 3.05) is 0 Å². The van der Waals surface area contributed by atoms with Crippen LogP contribution in [0.15, 0.2) is 61.6 Å². The highest BCUT2D eigenvalue weighted by molar-refractivity contribution is 5.80. The van der Waals surface area contributed by atoms with E-state index in [0.717, 1.165) is 24.2 Å². The molecule has 3 heterocycles. The van der Waals surface area contributed by atoms with Gasteiger partial charge in [-0.25, -0.2) is 9.97 Å². The lowest BCUT2D eigenvalue weighted by atomic mass is 10.1. The predicted molar refractivity (Wildman–Crippen MR) is 91.6 cm³/mol. The van der Waals surface area contributed by atoms with Gasteiger partial charge in [0.25, 0.3) is 0 Å². The van der Waals surface area contributed by atoms with E-state index in [1.54, 1.807) is 18.7 Å². The lowest BCUT2D eigenvalue weighted by Gasteiger charge is -2.18. The average Bonchev–Trinajstić information content (AvgIpc) is 3.31. The third-order valence-corrected chi connectivity index (χ3v) is 3.92. The summed E-state index contributed by atoms with van der Waals surface area (Å²) in [7, 11) is 0. The minimum absolute atomic E-state index is 0.0217. The Morgan fingerprint density at radius 2 is 2.04 bits per heavy atom. The zero-order valence-corrected chi connectivity index (χ0v) is 13.7. The van der Waals surface area contributed by atoms with Gasteiger partial charge >= 0.3 is 0 Å². The Kier molecular flexibility index (Phi) is 5.05. The number of amides is 1. The molecule has 0 aliphatic rings. The summed E-state index contributed by atoms with van der Waals surface area (Å²) in [5.74, 6) is 0.803. The summed E-state index contributed by atoms with van der Waals surface area (Å²) in [4.78, 5) is 21.1. The van der Waals surface area contributed by atoms with Crippen molar-refractivity contribution in [2.45, 2.75) is 32.4 Å². The molecule has 0 aliphatic heterocycles. The van der Waals surface area contributed by atoms with Crippen LogP contribution in [0.5, 0.6) is 0 Å². The highest BCUT2D eigenvalue weighted by Crippen LogP contribution is 2.16. The zero-order valence-electron chi connectivity index (χ0n) is 13.7. The molecule has 0 aromatic carbocycles. The Hall–Kier alpha value is -2.89. The standard InChI is InChI=1S/C18H21N5O/c1-2-6-16(22-10-3-4-11-22)18(24)21-13-15-7-5-8-20-17(15)23-12-9-19-14-23/h3-5,7-12,14,16H,2,6,13H2,1H3,(H,21,24)/t16-/m1/s1. The molecule has 0 aliphatic carbocycles. The number of imidazole rings is 1. The van der Waals surface area contributed by atoms with Gasteiger partial charge in [-0.3, -0.25) is 9.36 Å². The van der Waals surface area contributed by atoms with Crippen molar-refractivity contribution >= 4 is 5.91 Å². The van der Waals surface area contributed by atoms with E-state index in [0.29, 0.717) is 6.54 Å². The Morgan fingerprint density at radius 3 is 2.75 bits per heavy atom. The Balaban J connectivity index is 1.72. The second kappa shape index (κ2) is 7.59. The molecular formula is C18H21N5O. The number of nitrogens with zero attached hydrogens (tertiary/aromatic N) is 4. The fourth-order valence-electron chi connectivity index (χ4n) is 2.73.